The number of nitriles is 1. The SMILES string of the molecule is Cc1ccc(-c2ccc(C#N)c(=O)n2CC(O)CO)cc1C. The molecule has 0 aliphatic heterocycles. The van der Waals surface area contributed by atoms with Gasteiger partial charge in [0.25, 0.3) is 5.56 Å². The third kappa shape index (κ3) is 3.08. The Morgan fingerprint density at radius 1 is 1.23 bits per heavy atom. The Bertz CT molecular complexity index is 787. The topological polar surface area (TPSA) is 86.2 Å². The fourth-order valence-electron chi connectivity index (χ4n) is 2.27. The van der Waals surface area contributed by atoms with Gasteiger partial charge in [-0.15, -0.1) is 0 Å². The van der Waals surface area contributed by atoms with E-state index in [0.717, 1.165) is 16.7 Å². The Hall–Kier alpha value is -2.42. The van der Waals surface area contributed by atoms with Gasteiger partial charge in [0.05, 0.1) is 24.9 Å². The van der Waals surface area contributed by atoms with Gasteiger partial charge in [-0.2, -0.15) is 5.26 Å². The van der Waals surface area contributed by atoms with Gasteiger partial charge in [0.15, 0.2) is 0 Å². The molecule has 1 heterocycles. The van der Waals surface area contributed by atoms with Gasteiger partial charge < -0.3 is 14.8 Å². The average Bonchev–Trinajstić information content (AvgIpc) is 2.51. The van der Waals surface area contributed by atoms with E-state index in [1.54, 1.807) is 6.07 Å². The summed E-state index contributed by atoms with van der Waals surface area (Å²) in [6, 6.07) is 10.8. The lowest BCUT2D eigenvalue weighted by Gasteiger charge is -2.16. The van der Waals surface area contributed by atoms with Crippen molar-refractivity contribution in [2.75, 3.05) is 6.61 Å². The van der Waals surface area contributed by atoms with Crippen LogP contribution in [-0.4, -0.2) is 27.5 Å². The minimum Gasteiger partial charge on any atom is -0.394 e. The molecule has 114 valence electrons. The summed E-state index contributed by atoms with van der Waals surface area (Å²) in [6.07, 6.45) is -1.06. The van der Waals surface area contributed by atoms with Crippen LogP contribution in [0.2, 0.25) is 0 Å². The van der Waals surface area contributed by atoms with Crippen LogP contribution in [0.1, 0.15) is 16.7 Å². The van der Waals surface area contributed by atoms with Crippen LogP contribution in [0.25, 0.3) is 11.3 Å². The van der Waals surface area contributed by atoms with Crippen LogP contribution in [0.5, 0.6) is 0 Å². The van der Waals surface area contributed by atoms with Gasteiger partial charge in [-0.3, -0.25) is 4.79 Å². The molecular weight excluding hydrogens is 280 g/mol. The fourth-order valence-corrected chi connectivity index (χ4v) is 2.27. The number of aryl methyl sites for hydroxylation is 2. The van der Waals surface area contributed by atoms with E-state index in [-0.39, 0.29) is 12.1 Å². The fraction of sp³-hybridized carbons (Fsp3) is 0.294. The molecule has 1 aromatic heterocycles. The number of nitrogens with zero attached hydrogens (tertiary/aromatic N) is 2. The van der Waals surface area contributed by atoms with Crippen LogP contribution in [-0.2, 0) is 6.54 Å². The minimum absolute atomic E-state index is 0.0118. The van der Waals surface area contributed by atoms with Crippen LogP contribution in [0.15, 0.2) is 35.1 Å². The van der Waals surface area contributed by atoms with Gasteiger partial charge >= 0.3 is 0 Å². The van der Waals surface area contributed by atoms with Crippen molar-refractivity contribution < 1.29 is 10.2 Å². The molecule has 1 aromatic carbocycles. The molecule has 0 spiro atoms. The molecule has 0 amide bonds. The molecule has 2 aromatic rings. The molecule has 1 atom stereocenters. The first-order valence-corrected chi connectivity index (χ1v) is 6.98. The summed E-state index contributed by atoms with van der Waals surface area (Å²) in [5.74, 6) is 0. The summed E-state index contributed by atoms with van der Waals surface area (Å²) in [5.41, 5.74) is 3.21. The molecule has 5 nitrogen and oxygen atoms in total. The summed E-state index contributed by atoms with van der Waals surface area (Å²) in [4.78, 5) is 12.3. The number of pyridine rings is 1. The predicted molar refractivity (Wildman–Crippen MR) is 83.4 cm³/mol. The number of aliphatic hydroxyl groups excluding tert-OH is 2. The minimum atomic E-state index is -1.06. The molecule has 0 bridgehead atoms. The summed E-state index contributed by atoms with van der Waals surface area (Å²) < 4.78 is 1.34. The van der Waals surface area contributed by atoms with Crippen molar-refractivity contribution in [1.29, 1.82) is 5.26 Å². The highest BCUT2D eigenvalue weighted by atomic mass is 16.3. The average molecular weight is 298 g/mol. The zero-order valence-corrected chi connectivity index (χ0v) is 12.6. The van der Waals surface area contributed by atoms with E-state index in [9.17, 15) is 9.90 Å². The molecule has 0 fully saturated rings. The lowest BCUT2D eigenvalue weighted by atomic mass is 10.0. The van der Waals surface area contributed by atoms with Crippen LogP contribution < -0.4 is 5.56 Å². The van der Waals surface area contributed by atoms with Crippen molar-refractivity contribution in [3.8, 4) is 17.3 Å². The Labute approximate surface area is 128 Å². The van der Waals surface area contributed by atoms with Gasteiger partial charge in [0, 0.05) is 0 Å². The summed E-state index contributed by atoms with van der Waals surface area (Å²) in [7, 11) is 0. The van der Waals surface area contributed by atoms with E-state index in [4.69, 9.17) is 10.4 Å². The van der Waals surface area contributed by atoms with Gasteiger partial charge in [-0.25, -0.2) is 0 Å². The highest BCUT2D eigenvalue weighted by molar-refractivity contribution is 5.62. The Kier molecular flexibility index (Phi) is 4.76. The number of aliphatic hydroxyl groups is 2. The van der Waals surface area contributed by atoms with E-state index in [1.165, 1.54) is 10.6 Å². The van der Waals surface area contributed by atoms with Gasteiger partial charge in [0.2, 0.25) is 0 Å². The maximum absolute atomic E-state index is 12.3. The lowest BCUT2D eigenvalue weighted by molar-refractivity contribution is 0.0807. The molecule has 0 saturated heterocycles. The largest absolute Gasteiger partial charge is 0.394 e. The molecule has 0 aliphatic rings. The second-order valence-electron chi connectivity index (χ2n) is 5.30. The zero-order chi connectivity index (χ0) is 16.3. The predicted octanol–water partition coefficient (Wildman–Crippen LogP) is 1.36. The van der Waals surface area contributed by atoms with Crippen molar-refractivity contribution >= 4 is 0 Å². The van der Waals surface area contributed by atoms with E-state index < -0.39 is 18.3 Å². The molecule has 0 saturated carbocycles. The smallest absolute Gasteiger partial charge is 0.269 e. The molecule has 22 heavy (non-hydrogen) atoms. The third-order valence-corrected chi connectivity index (χ3v) is 3.70. The Morgan fingerprint density at radius 2 is 1.95 bits per heavy atom. The van der Waals surface area contributed by atoms with Crippen molar-refractivity contribution in [2.45, 2.75) is 26.5 Å². The van der Waals surface area contributed by atoms with E-state index in [1.807, 2.05) is 38.1 Å². The first kappa shape index (κ1) is 16.0. The molecule has 0 radical (unpaired) electrons. The number of benzene rings is 1. The van der Waals surface area contributed by atoms with Gasteiger partial charge in [-0.05, 0) is 48.7 Å². The highest BCUT2D eigenvalue weighted by Crippen LogP contribution is 2.22. The van der Waals surface area contributed by atoms with Gasteiger partial charge in [0.1, 0.15) is 11.6 Å². The van der Waals surface area contributed by atoms with E-state index >= 15 is 0 Å². The van der Waals surface area contributed by atoms with E-state index in [0.29, 0.717) is 5.69 Å². The van der Waals surface area contributed by atoms with E-state index in [2.05, 4.69) is 0 Å². The highest BCUT2D eigenvalue weighted by Gasteiger charge is 2.14. The first-order chi connectivity index (χ1) is 10.5. The number of aromatic nitrogens is 1. The molecule has 1 unspecified atom stereocenters. The second-order valence-corrected chi connectivity index (χ2v) is 5.30. The maximum Gasteiger partial charge on any atom is 0.269 e. The van der Waals surface area contributed by atoms with Crippen LogP contribution >= 0.6 is 0 Å². The zero-order valence-electron chi connectivity index (χ0n) is 12.6. The second kappa shape index (κ2) is 6.56. The van der Waals surface area contributed by atoms with Crippen LogP contribution in [0, 0.1) is 25.2 Å². The number of rotatable bonds is 4. The van der Waals surface area contributed by atoms with Crippen molar-refractivity contribution in [2.24, 2.45) is 0 Å². The molecule has 2 N–H and O–H groups in total. The monoisotopic (exact) mass is 298 g/mol. The molecule has 0 aliphatic carbocycles. The van der Waals surface area contributed by atoms with Crippen LogP contribution in [0.4, 0.5) is 0 Å². The quantitative estimate of drug-likeness (QED) is 0.892. The van der Waals surface area contributed by atoms with Gasteiger partial charge in [-0.1, -0.05) is 12.1 Å². The summed E-state index contributed by atoms with van der Waals surface area (Å²) in [5, 5.41) is 27.7. The lowest BCUT2D eigenvalue weighted by Crippen LogP contribution is -2.31. The standard InChI is InChI=1S/C17H18N2O3/c1-11-3-4-13(7-12(11)2)16-6-5-14(8-18)17(22)19(16)9-15(21)10-20/h3-7,15,20-21H,9-10H2,1-2H3. The summed E-state index contributed by atoms with van der Waals surface area (Å²) >= 11 is 0. The number of hydrogen-bond acceptors (Lipinski definition) is 4. The summed E-state index contributed by atoms with van der Waals surface area (Å²) in [6.45, 7) is 3.47. The molecule has 2 rings (SSSR count). The van der Waals surface area contributed by atoms with Crippen molar-refractivity contribution in [1.82, 2.24) is 4.57 Å². The van der Waals surface area contributed by atoms with Crippen molar-refractivity contribution in [3.63, 3.8) is 0 Å². The Balaban J connectivity index is 2.64. The van der Waals surface area contributed by atoms with Crippen molar-refractivity contribution in [3.05, 3.63) is 57.4 Å². The third-order valence-electron chi connectivity index (χ3n) is 3.70. The Morgan fingerprint density at radius 3 is 2.55 bits per heavy atom. The first-order valence-electron chi connectivity index (χ1n) is 6.98. The molecular formula is C17H18N2O3. The normalized spacial score (nSPS) is 12.0. The van der Waals surface area contributed by atoms with Crippen LogP contribution in [0.3, 0.4) is 0 Å². The molecule has 5 heteroatoms. The number of hydrogen-bond donors (Lipinski definition) is 2. The maximum atomic E-state index is 12.3.